The van der Waals surface area contributed by atoms with Gasteiger partial charge in [-0.2, -0.15) is 0 Å². The molecule has 82 valence electrons. The van der Waals surface area contributed by atoms with Gasteiger partial charge in [0.15, 0.2) is 0 Å². The van der Waals surface area contributed by atoms with Gasteiger partial charge in [0.05, 0.1) is 5.92 Å². The zero-order valence-corrected chi connectivity index (χ0v) is 10.8. The van der Waals surface area contributed by atoms with E-state index in [4.69, 9.17) is 5.11 Å². The highest BCUT2D eigenvalue weighted by Crippen LogP contribution is 2.30. The van der Waals surface area contributed by atoms with Crippen LogP contribution in [0.4, 0.5) is 0 Å². The molecule has 1 aliphatic rings. The largest absolute Gasteiger partial charge is 0.481 e. The molecule has 0 unspecified atom stereocenters. The second-order valence-electron chi connectivity index (χ2n) is 3.86. The Kier molecular flexibility index (Phi) is 3.13. The first-order valence-corrected chi connectivity index (χ1v) is 6.37. The van der Waals surface area contributed by atoms with Gasteiger partial charge in [-0.05, 0) is 28.9 Å². The molecule has 0 atom stereocenters. The molecular formula is C10H12BrNO2S. The summed E-state index contributed by atoms with van der Waals surface area (Å²) in [5.41, 5.74) is 0. The van der Waals surface area contributed by atoms with Crippen LogP contribution in [-0.4, -0.2) is 29.1 Å². The maximum absolute atomic E-state index is 10.6. The van der Waals surface area contributed by atoms with Crippen LogP contribution >= 0.6 is 27.3 Å². The lowest BCUT2D eigenvalue weighted by Gasteiger charge is -2.36. The van der Waals surface area contributed by atoms with Gasteiger partial charge in [0.25, 0.3) is 0 Å². The van der Waals surface area contributed by atoms with Gasteiger partial charge < -0.3 is 5.11 Å². The SMILES string of the molecule is Cc1cc(Br)c(CN2CC(C(=O)O)C2)s1. The van der Waals surface area contributed by atoms with Crippen molar-refractivity contribution in [2.75, 3.05) is 13.1 Å². The normalized spacial score (nSPS) is 17.7. The van der Waals surface area contributed by atoms with Crippen LogP contribution in [0.5, 0.6) is 0 Å². The smallest absolute Gasteiger partial charge is 0.309 e. The van der Waals surface area contributed by atoms with E-state index in [0.717, 1.165) is 11.0 Å². The fourth-order valence-electron chi connectivity index (χ4n) is 1.70. The van der Waals surface area contributed by atoms with Crippen molar-refractivity contribution < 1.29 is 9.90 Å². The van der Waals surface area contributed by atoms with Crippen LogP contribution < -0.4 is 0 Å². The van der Waals surface area contributed by atoms with Gasteiger partial charge >= 0.3 is 5.97 Å². The highest BCUT2D eigenvalue weighted by atomic mass is 79.9. The molecule has 2 rings (SSSR count). The van der Waals surface area contributed by atoms with E-state index in [-0.39, 0.29) is 5.92 Å². The summed E-state index contributed by atoms with van der Waals surface area (Å²) < 4.78 is 1.14. The fraction of sp³-hybridized carbons (Fsp3) is 0.500. The van der Waals surface area contributed by atoms with Crippen molar-refractivity contribution in [1.29, 1.82) is 0 Å². The molecule has 0 bridgehead atoms. The molecule has 1 aromatic rings. The molecule has 5 heteroatoms. The Morgan fingerprint density at radius 2 is 2.40 bits per heavy atom. The number of carbonyl (C=O) groups is 1. The molecule has 3 nitrogen and oxygen atoms in total. The molecule has 2 heterocycles. The molecule has 1 fully saturated rings. The Hall–Kier alpha value is -0.390. The Morgan fingerprint density at radius 3 is 2.87 bits per heavy atom. The monoisotopic (exact) mass is 289 g/mol. The van der Waals surface area contributed by atoms with Gasteiger partial charge in [-0.3, -0.25) is 9.69 Å². The summed E-state index contributed by atoms with van der Waals surface area (Å²) >= 11 is 5.28. The van der Waals surface area contributed by atoms with Crippen LogP contribution in [0, 0.1) is 12.8 Å². The molecule has 1 aliphatic heterocycles. The molecule has 0 aromatic carbocycles. The minimum Gasteiger partial charge on any atom is -0.481 e. The quantitative estimate of drug-likeness (QED) is 0.929. The minimum atomic E-state index is -0.673. The number of halogens is 1. The topological polar surface area (TPSA) is 40.5 Å². The molecule has 0 saturated carbocycles. The minimum absolute atomic E-state index is 0.162. The van der Waals surface area contributed by atoms with E-state index in [2.05, 4.69) is 33.8 Å². The van der Waals surface area contributed by atoms with Crippen molar-refractivity contribution in [3.8, 4) is 0 Å². The van der Waals surface area contributed by atoms with Crippen molar-refractivity contribution in [3.05, 3.63) is 20.3 Å². The second kappa shape index (κ2) is 4.23. The third-order valence-corrected chi connectivity index (χ3v) is 4.56. The highest BCUT2D eigenvalue weighted by molar-refractivity contribution is 9.10. The van der Waals surface area contributed by atoms with Crippen LogP contribution in [0.1, 0.15) is 9.75 Å². The Balaban J connectivity index is 1.90. The number of aryl methyl sites for hydroxylation is 1. The molecule has 1 saturated heterocycles. The second-order valence-corrected chi connectivity index (χ2v) is 6.05. The number of nitrogens with zero attached hydrogens (tertiary/aromatic N) is 1. The van der Waals surface area contributed by atoms with Gasteiger partial charge in [0.1, 0.15) is 0 Å². The zero-order valence-electron chi connectivity index (χ0n) is 8.36. The van der Waals surface area contributed by atoms with Crippen molar-refractivity contribution >= 4 is 33.2 Å². The fourth-order valence-corrected chi connectivity index (χ4v) is 3.53. The highest BCUT2D eigenvalue weighted by Gasteiger charge is 2.32. The van der Waals surface area contributed by atoms with Gasteiger partial charge in [-0.1, -0.05) is 0 Å². The molecule has 15 heavy (non-hydrogen) atoms. The van der Waals surface area contributed by atoms with E-state index >= 15 is 0 Å². The van der Waals surface area contributed by atoms with Gasteiger partial charge in [0, 0.05) is 33.9 Å². The van der Waals surface area contributed by atoms with Crippen LogP contribution in [0.2, 0.25) is 0 Å². The van der Waals surface area contributed by atoms with E-state index in [1.54, 1.807) is 11.3 Å². The summed E-state index contributed by atoms with van der Waals surface area (Å²) in [7, 11) is 0. The lowest BCUT2D eigenvalue weighted by atomic mass is 10.0. The maximum atomic E-state index is 10.6. The predicted molar refractivity (Wildman–Crippen MR) is 63.2 cm³/mol. The number of likely N-dealkylation sites (tertiary alicyclic amines) is 1. The average molecular weight is 290 g/mol. The van der Waals surface area contributed by atoms with E-state index < -0.39 is 5.97 Å². The number of aliphatic carboxylic acids is 1. The summed E-state index contributed by atoms with van der Waals surface area (Å²) in [6, 6.07) is 2.11. The number of hydrogen-bond acceptors (Lipinski definition) is 3. The molecule has 0 aliphatic carbocycles. The lowest BCUT2D eigenvalue weighted by Crippen LogP contribution is -2.49. The summed E-state index contributed by atoms with van der Waals surface area (Å²) in [4.78, 5) is 15.4. The van der Waals surface area contributed by atoms with Crippen LogP contribution in [0.25, 0.3) is 0 Å². The average Bonchev–Trinajstić information content (AvgIpc) is 2.36. The van der Waals surface area contributed by atoms with Crippen molar-refractivity contribution in [2.45, 2.75) is 13.5 Å². The molecular weight excluding hydrogens is 278 g/mol. The molecule has 0 radical (unpaired) electrons. The van der Waals surface area contributed by atoms with Crippen molar-refractivity contribution in [3.63, 3.8) is 0 Å². The number of hydrogen-bond donors (Lipinski definition) is 1. The first-order chi connectivity index (χ1) is 7.06. The molecule has 0 amide bonds. The first-order valence-electron chi connectivity index (χ1n) is 4.76. The summed E-state index contributed by atoms with van der Waals surface area (Å²) in [5, 5.41) is 8.74. The maximum Gasteiger partial charge on any atom is 0.309 e. The standard InChI is InChI=1S/C10H12BrNO2S/c1-6-2-8(11)9(15-6)5-12-3-7(4-12)10(13)14/h2,7H,3-5H2,1H3,(H,13,14). The first kappa shape index (κ1) is 11.1. The Labute approximate surface area is 101 Å². The summed E-state index contributed by atoms with van der Waals surface area (Å²) in [6.45, 7) is 4.30. The third-order valence-electron chi connectivity index (χ3n) is 2.55. The number of thiophene rings is 1. The van der Waals surface area contributed by atoms with Crippen molar-refractivity contribution in [2.24, 2.45) is 5.92 Å². The number of rotatable bonds is 3. The molecule has 0 spiro atoms. The van der Waals surface area contributed by atoms with Crippen LogP contribution in [-0.2, 0) is 11.3 Å². The number of carboxylic acid groups (broad SMARTS) is 1. The van der Waals surface area contributed by atoms with E-state index in [0.29, 0.717) is 13.1 Å². The number of carboxylic acids is 1. The Morgan fingerprint density at radius 1 is 1.73 bits per heavy atom. The zero-order chi connectivity index (χ0) is 11.0. The van der Waals surface area contributed by atoms with Gasteiger partial charge in [0.2, 0.25) is 0 Å². The predicted octanol–water partition coefficient (Wildman–Crippen LogP) is 2.34. The van der Waals surface area contributed by atoms with Gasteiger partial charge in [-0.15, -0.1) is 11.3 Å². The third kappa shape index (κ3) is 2.41. The van der Waals surface area contributed by atoms with E-state index in [1.165, 1.54) is 9.75 Å². The van der Waals surface area contributed by atoms with E-state index in [9.17, 15) is 4.79 Å². The summed E-state index contributed by atoms with van der Waals surface area (Å²) in [5.74, 6) is -0.836. The van der Waals surface area contributed by atoms with Crippen molar-refractivity contribution in [1.82, 2.24) is 4.90 Å². The molecule has 1 aromatic heterocycles. The summed E-state index contributed by atoms with van der Waals surface area (Å²) in [6.07, 6.45) is 0. The molecule has 1 N–H and O–H groups in total. The van der Waals surface area contributed by atoms with Crippen LogP contribution in [0.15, 0.2) is 10.5 Å². The van der Waals surface area contributed by atoms with Crippen LogP contribution in [0.3, 0.4) is 0 Å². The van der Waals surface area contributed by atoms with E-state index in [1.807, 2.05) is 0 Å². The lowest BCUT2D eigenvalue weighted by molar-refractivity contribution is -0.147. The Bertz CT molecular complexity index is 385. The van der Waals surface area contributed by atoms with Gasteiger partial charge in [-0.25, -0.2) is 0 Å².